The molecular formula is C18H11F3N8O. The molecule has 4 heterocycles. The number of nitrogens with one attached hydrogen (secondary N) is 1. The van der Waals surface area contributed by atoms with E-state index in [1.807, 2.05) is 18.2 Å². The number of benzene rings is 1. The van der Waals surface area contributed by atoms with Gasteiger partial charge >= 0.3 is 6.43 Å². The van der Waals surface area contributed by atoms with Gasteiger partial charge in [-0.05, 0) is 12.1 Å². The van der Waals surface area contributed by atoms with E-state index in [0.29, 0.717) is 5.69 Å². The van der Waals surface area contributed by atoms with Gasteiger partial charge in [0.15, 0.2) is 0 Å². The third kappa shape index (κ3) is 3.27. The lowest BCUT2D eigenvalue weighted by Crippen LogP contribution is -2.05. The Morgan fingerprint density at radius 3 is 2.77 bits per heavy atom. The molecule has 0 aliphatic heterocycles. The molecule has 0 aliphatic carbocycles. The van der Waals surface area contributed by atoms with E-state index in [0.717, 1.165) is 22.5 Å². The molecule has 0 fully saturated rings. The molecule has 0 unspecified atom stereocenters. The Hall–Kier alpha value is -4.09. The van der Waals surface area contributed by atoms with Crippen LogP contribution in [0.2, 0.25) is 0 Å². The minimum absolute atomic E-state index is 0.0253. The molecule has 0 radical (unpaired) electrons. The number of hydrogen-bond acceptors (Lipinski definition) is 7. The Morgan fingerprint density at radius 2 is 1.97 bits per heavy atom. The Balaban J connectivity index is 1.36. The van der Waals surface area contributed by atoms with Crippen LogP contribution in [0.4, 0.5) is 13.2 Å². The van der Waals surface area contributed by atoms with E-state index in [9.17, 15) is 13.2 Å². The van der Waals surface area contributed by atoms with Crippen molar-refractivity contribution in [3.8, 4) is 22.7 Å². The molecule has 5 rings (SSSR count). The van der Waals surface area contributed by atoms with Gasteiger partial charge in [0.05, 0.1) is 35.7 Å². The Bertz CT molecular complexity index is 1340. The highest BCUT2D eigenvalue weighted by Gasteiger charge is 2.18. The van der Waals surface area contributed by atoms with Crippen molar-refractivity contribution in [1.82, 2.24) is 40.4 Å². The van der Waals surface area contributed by atoms with Crippen molar-refractivity contribution < 1.29 is 17.6 Å². The van der Waals surface area contributed by atoms with E-state index >= 15 is 0 Å². The number of halogens is 3. The Kier molecular flexibility index (Phi) is 4.23. The van der Waals surface area contributed by atoms with Gasteiger partial charge in [0.2, 0.25) is 5.89 Å². The van der Waals surface area contributed by atoms with E-state index < -0.39 is 18.1 Å². The minimum atomic E-state index is -2.90. The molecule has 1 aromatic carbocycles. The second-order valence-electron chi connectivity index (χ2n) is 6.37. The fourth-order valence-electron chi connectivity index (χ4n) is 2.90. The molecule has 9 nitrogen and oxygen atoms in total. The van der Waals surface area contributed by atoms with Crippen LogP contribution in [0.15, 0.2) is 47.3 Å². The molecule has 150 valence electrons. The van der Waals surface area contributed by atoms with Crippen LogP contribution in [0.3, 0.4) is 0 Å². The molecule has 0 aliphatic rings. The summed E-state index contributed by atoms with van der Waals surface area (Å²) in [5.74, 6) is -1.74. The van der Waals surface area contributed by atoms with Crippen LogP contribution in [0.1, 0.15) is 18.0 Å². The maximum atomic E-state index is 14.5. The smallest absolute Gasteiger partial charge is 0.314 e. The molecule has 0 saturated heterocycles. The molecule has 0 saturated carbocycles. The number of hydrogen-bond donors (Lipinski definition) is 1. The second kappa shape index (κ2) is 7.06. The maximum Gasteiger partial charge on any atom is 0.314 e. The average Bonchev–Trinajstić information content (AvgIpc) is 3.49. The quantitative estimate of drug-likeness (QED) is 0.471. The van der Waals surface area contributed by atoms with Crippen molar-refractivity contribution in [3.63, 3.8) is 0 Å². The first-order chi connectivity index (χ1) is 14.6. The summed E-state index contributed by atoms with van der Waals surface area (Å²) in [5.41, 5.74) is 2.49. The third-order valence-electron chi connectivity index (χ3n) is 4.38. The van der Waals surface area contributed by atoms with Gasteiger partial charge in [-0.15, -0.1) is 15.3 Å². The first kappa shape index (κ1) is 18.0. The number of aromatic amines is 1. The van der Waals surface area contributed by atoms with Crippen molar-refractivity contribution >= 4 is 10.9 Å². The van der Waals surface area contributed by atoms with Crippen LogP contribution >= 0.6 is 0 Å². The first-order valence-corrected chi connectivity index (χ1v) is 8.67. The Labute approximate surface area is 165 Å². The van der Waals surface area contributed by atoms with Gasteiger partial charge < -0.3 is 4.42 Å². The molecule has 4 aromatic heterocycles. The SMILES string of the molecule is Fc1cc(-c2nnc(C(F)F)o2)cnc1Cn1cc(-c2ccc3cn[nH]c3c2)nn1. The average molecular weight is 412 g/mol. The molecule has 1 N–H and O–H groups in total. The lowest BCUT2D eigenvalue weighted by Gasteiger charge is -2.03. The normalized spacial score (nSPS) is 11.6. The van der Waals surface area contributed by atoms with Gasteiger partial charge in [-0.1, -0.05) is 17.3 Å². The summed E-state index contributed by atoms with van der Waals surface area (Å²) >= 11 is 0. The summed E-state index contributed by atoms with van der Waals surface area (Å²) in [6.45, 7) is 0.0253. The number of H-pyrrole nitrogens is 1. The lowest BCUT2D eigenvalue weighted by atomic mass is 10.1. The highest BCUT2D eigenvalue weighted by atomic mass is 19.3. The lowest BCUT2D eigenvalue weighted by molar-refractivity contribution is 0.116. The van der Waals surface area contributed by atoms with Gasteiger partial charge in [-0.3, -0.25) is 10.1 Å². The molecule has 0 bridgehead atoms. The summed E-state index contributed by atoms with van der Waals surface area (Å²) < 4.78 is 45.9. The highest BCUT2D eigenvalue weighted by Crippen LogP contribution is 2.24. The van der Waals surface area contributed by atoms with Crippen molar-refractivity contribution in [3.05, 3.63) is 60.3 Å². The van der Waals surface area contributed by atoms with Crippen LogP contribution < -0.4 is 0 Å². The number of nitrogens with zero attached hydrogens (tertiary/aromatic N) is 7. The van der Waals surface area contributed by atoms with Crippen molar-refractivity contribution in [1.29, 1.82) is 0 Å². The van der Waals surface area contributed by atoms with Gasteiger partial charge in [0, 0.05) is 17.1 Å². The van der Waals surface area contributed by atoms with E-state index in [4.69, 9.17) is 4.42 Å². The van der Waals surface area contributed by atoms with Gasteiger partial charge in [0.1, 0.15) is 11.5 Å². The molecule has 30 heavy (non-hydrogen) atoms. The zero-order chi connectivity index (χ0) is 20.7. The molecule has 0 atom stereocenters. The molecule has 0 amide bonds. The summed E-state index contributed by atoms with van der Waals surface area (Å²) in [5, 5.41) is 22.7. The zero-order valence-corrected chi connectivity index (χ0v) is 15.0. The van der Waals surface area contributed by atoms with Gasteiger partial charge in [0.25, 0.3) is 5.89 Å². The highest BCUT2D eigenvalue weighted by molar-refractivity contribution is 5.82. The van der Waals surface area contributed by atoms with E-state index in [1.165, 1.54) is 10.9 Å². The molecule has 12 heteroatoms. The number of alkyl halides is 2. The monoisotopic (exact) mass is 412 g/mol. The van der Waals surface area contributed by atoms with Crippen molar-refractivity contribution in [2.75, 3.05) is 0 Å². The van der Waals surface area contributed by atoms with E-state index in [-0.39, 0.29) is 23.7 Å². The van der Waals surface area contributed by atoms with Crippen LogP contribution in [0, 0.1) is 5.82 Å². The molecule has 5 aromatic rings. The molecule has 0 spiro atoms. The summed E-state index contributed by atoms with van der Waals surface area (Å²) in [6.07, 6.45) is 1.75. The number of rotatable bonds is 5. The predicted molar refractivity (Wildman–Crippen MR) is 96.7 cm³/mol. The summed E-state index contributed by atoms with van der Waals surface area (Å²) in [7, 11) is 0. The van der Waals surface area contributed by atoms with Crippen molar-refractivity contribution in [2.24, 2.45) is 0 Å². The number of aromatic nitrogens is 8. The second-order valence-corrected chi connectivity index (χ2v) is 6.37. The topological polar surface area (TPSA) is 111 Å². The van der Waals surface area contributed by atoms with Crippen LogP contribution in [0.25, 0.3) is 33.6 Å². The predicted octanol–water partition coefficient (Wildman–Crippen LogP) is 3.39. The van der Waals surface area contributed by atoms with Gasteiger partial charge in [-0.2, -0.15) is 13.9 Å². The molecular weight excluding hydrogens is 401 g/mol. The largest absolute Gasteiger partial charge is 0.415 e. The number of pyridine rings is 1. The Morgan fingerprint density at radius 1 is 1.07 bits per heavy atom. The van der Waals surface area contributed by atoms with E-state index in [2.05, 4.69) is 35.7 Å². The van der Waals surface area contributed by atoms with Crippen LogP contribution in [0.5, 0.6) is 0 Å². The fourth-order valence-corrected chi connectivity index (χ4v) is 2.90. The summed E-state index contributed by atoms with van der Waals surface area (Å²) in [4.78, 5) is 4.03. The van der Waals surface area contributed by atoms with E-state index in [1.54, 1.807) is 12.4 Å². The number of fused-ring (bicyclic) bond motifs is 1. The van der Waals surface area contributed by atoms with Crippen molar-refractivity contribution in [2.45, 2.75) is 13.0 Å². The minimum Gasteiger partial charge on any atom is -0.415 e. The third-order valence-corrected chi connectivity index (χ3v) is 4.38. The maximum absolute atomic E-state index is 14.5. The fraction of sp³-hybridized carbons (Fsp3) is 0.111. The first-order valence-electron chi connectivity index (χ1n) is 8.67. The zero-order valence-electron chi connectivity index (χ0n) is 15.0. The summed E-state index contributed by atoms with van der Waals surface area (Å²) in [6, 6.07) is 6.78. The van der Waals surface area contributed by atoms with Crippen LogP contribution in [-0.4, -0.2) is 40.4 Å². The van der Waals surface area contributed by atoms with Gasteiger partial charge in [-0.25, -0.2) is 9.07 Å². The van der Waals surface area contributed by atoms with Crippen LogP contribution in [-0.2, 0) is 6.54 Å². The standard InChI is InChI=1S/C18H11F3N8O/c19-12-3-11(17-26-27-18(30-17)16(20)21)5-22-15(12)8-29-7-14(25-28-29)9-1-2-10-6-23-24-13(10)4-9/h1-7,16H,8H2,(H,23,24).